The van der Waals surface area contributed by atoms with Crippen molar-refractivity contribution in [3.8, 4) is 0 Å². The second-order valence-corrected chi connectivity index (χ2v) is 7.75. The summed E-state index contributed by atoms with van der Waals surface area (Å²) in [4.78, 5) is 25.8. The zero-order valence-electron chi connectivity index (χ0n) is 14.2. The minimum absolute atomic E-state index is 0.445. The van der Waals surface area contributed by atoms with Gasteiger partial charge in [0.1, 0.15) is 0 Å². The van der Waals surface area contributed by atoms with Crippen LogP contribution in [0, 0.1) is 23.7 Å². The zero-order chi connectivity index (χ0) is 18.2. The molecule has 0 aromatic rings. The van der Waals surface area contributed by atoms with Crippen molar-refractivity contribution in [1.82, 2.24) is 9.80 Å². The summed E-state index contributed by atoms with van der Waals surface area (Å²) in [5, 5.41) is 7.12. The summed E-state index contributed by atoms with van der Waals surface area (Å²) in [5.74, 6) is 1.19. The van der Waals surface area contributed by atoms with E-state index in [1.165, 1.54) is 45.3 Å². The first-order chi connectivity index (χ1) is 11.8. The van der Waals surface area contributed by atoms with Gasteiger partial charge in [0.2, 0.25) is 5.91 Å². The Bertz CT molecular complexity index is 504. The van der Waals surface area contributed by atoms with Crippen molar-refractivity contribution in [3.05, 3.63) is 0 Å². The summed E-state index contributed by atoms with van der Waals surface area (Å²) in [6.07, 6.45) is 1.13. The lowest BCUT2D eigenvalue weighted by atomic mass is 10.1. The largest absolute Gasteiger partial charge is 0.490 e. The van der Waals surface area contributed by atoms with E-state index in [1.54, 1.807) is 0 Å². The Labute approximate surface area is 145 Å². The third-order valence-electron chi connectivity index (χ3n) is 5.77. The van der Waals surface area contributed by atoms with Crippen LogP contribution in [0.25, 0.3) is 0 Å². The van der Waals surface area contributed by atoms with Gasteiger partial charge >= 0.3 is 12.1 Å². The number of amides is 1. The van der Waals surface area contributed by atoms with Crippen molar-refractivity contribution in [2.75, 3.05) is 32.7 Å². The Morgan fingerprint density at radius 3 is 2.00 bits per heavy atom. The van der Waals surface area contributed by atoms with Crippen molar-refractivity contribution >= 4 is 11.9 Å². The van der Waals surface area contributed by atoms with E-state index in [-0.39, 0.29) is 0 Å². The Morgan fingerprint density at radius 1 is 1.04 bits per heavy atom. The van der Waals surface area contributed by atoms with Gasteiger partial charge in [-0.2, -0.15) is 13.2 Å². The summed E-state index contributed by atoms with van der Waals surface area (Å²) in [5.41, 5.74) is 0. The molecule has 3 atom stereocenters. The normalized spacial score (nSPS) is 31.3. The highest BCUT2D eigenvalue weighted by atomic mass is 19.4. The fraction of sp³-hybridized carbons (Fsp3) is 0.882. The molecule has 5 nitrogen and oxygen atoms in total. The van der Waals surface area contributed by atoms with Gasteiger partial charge in [-0.1, -0.05) is 0 Å². The number of piperidine rings is 1. The maximum absolute atomic E-state index is 12.1. The molecule has 2 aliphatic heterocycles. The standard InChI is InChI=1S/C15H24N2O.C2HF3O2/c18-15(17-5-1-2-6-17)7-12-13-9-16(10-14(12)13)8-11-3-4-11;3-2(4,5)1(6)7/h11-14H,1-10H2;(H,6,7)/t12?,13-,14+;. The van der Waals surface area contributed by atoms with Gasteiger partial charge in [-0.3, -0.25) is 4.79 Å². The Hall–Kier alpha value is -1.31. The van der Waals surface area contributed by atoms with Gasteiger partial charge in [-0.05, 0) is 49.4 Å². The molecule has 0 bridgehead atoms. The monoisotopic (exact) mass is 362 g/mol. The van der Waals surface area contributed by atoms with Crippen LogP contribution >= 0.6 is 0 Å². The zero-order valence-corrected chi connectivity index (χ0v) is 14.2. The molecule has 0 spiro atoms. The molecule has 4 rings (SSSR count). The number of likely N-dealkylation sites (tertiary alicyclic amines) is 2. The third kappa shape index (κ3) is 4.86. The van der Waals surface area contributed by atoms with Crippen LogP contribution in [0.5, 0.6) is 0 Å². The van der Waals surface area contributed by atoms with Gasteiger partial charge < -0.3 is 14.9 Å². The molecule has 4 fully saturated rings. The molecule has 4 aliphatic rings. The molecule has 0 radical (unpaired) electrons. The molecule has 142 valence electrons. The van der Waals surface area contributed by atoms with E-state index in [0.29, 0.717) is 5.91 Å². The molecule has 1 N–H and O–H groups in total. The first kappa shape index (κ1) is 18.5. The number of nitrogens with zero attached hydrogens (tertiary/aromatic N) is 2. The van der Waals surface area contributed by atoms with E-state index < -0.39 is 12.1 Å². The van der Waals surface area contributed by atoms with Crippen molar-refractivity contribution in [1.29, 1.82) is 0 Å². The molecule has 2 aliphatic carbocycles. The number of rotatable bonds is 4. The molecule has 2 heterocycles. The maximum Gasteiger partial charge on any atom is 0.490 e. The van der Waals surface area contributed by atoms with Crippen LogP contribution in [0.3, 0.4) is 0 Å². The van der Waals surface area contributed by atoms with Gasteiger partial charge in [0.15, 0.2) is 0 Å². The highest BCUT2D eigenvalue weighted by Crippen LogP contribution is 2.54. The average molecular weight is 362 g/mol. The van der Waals surface area contributed by atoms with Crippen LogP contribution in [0.2, 0.25) is 0 Å². The Balaban J connectivity index is 0.000000225. The maximum atomic E-state index is 12.1. The Morgan fingerprint density at radius 2 is 1.56 bits per heavy atom. The van der Waals surface area contributed by atoms with Gasteiger partial charge in [0.05, 0.1) is 0 Å². The lowest BCUT2D eigenvalue weighted by Gasteiger charge is -2.20. The third-order valence-corrected chi connectivity index (χ3v) is 5.77. The SMILES string of the molecule is O=C(CC1[C@H]2CN(CC3CC3)C[C@@H]12)N1CCCC1.O=C(O)C(F)(F)F. The highest BCUT2D eigenvalue weighted by molar-refractivity contribution is 5.77. The van der Waals surface area contributed by atoms with Crippen LogP contribution in [0.4, 0.5) is 13.2 Å². The van der Waals surface area contributed by atoms with Gasteiger partial charge in [0, 0.05) is 39.1 Å². The molecule has 1 unspecified atom stereocenters. The van der Waals surface area contributed by atoms with E-state index in [1.807, 2.05) is 0 Å². The first-order valence-corrected chi connectivity index (χ1v) is 9.06. The fourth-order valence-corrected chi connectivity index (χ4v) is 4.15. The van der Waals surface area contributed by atoms with Crippen molar-refractivity contribution in [2.45, 2.75) is 38.3 Å². The molecular formula is C17H25F3N2O3. The number of fused-ring (bicyclic) bond motifs is 1. The summed E-state index contributed by atoms with van der Waals surface area (Å²) in [6.45, 7) is 5.97. The van der Waals surface area contributed by atoms with Crippen LogP contribution in [-0.4, -0.2) is 65.7 Å². The quantitative estimate of drug-likeness (QED) is 0.833. The lowest BCUT2D eigenvalue weighted by Crippen LogP contribution is -2.30. The van der Waals surface area contributed by atoms with E-state index >= 15 is 0 Å². The predicted octanol–water partition coefficient (Wildman–Crippen LogP) is 2.22. The van der Waals surface area contributed by atoms with Crippen molar-refractivity contribution in [3.63, 3.8) is 0 Å². The van der Waals surface area contributed by atoms with Crippen LogP contribution in [0.1, 0.15) is 32.1 Å². The van der Waals surface area contributed by atoms with Crippen LogP contribution in [0.15, 0.2) is 0 Å². The smallest absolute Gasteiger partial charge is 0.475 e. The fourth-order valence-electron chi connectivity index (χ4n) is 4.15. The van der Waals surface area contributed by atoms with Crippen molar-refractivity contribution < 1.29 is 27.9 Å². The summed E-state index contributed by atoms with van der Waals surface area (Å²) in [7, 11) is 0. The van der Waals surface area contributed by atoms with Crippen molar-refractivity contribution in [2.24, 2.45) is 23.7 Å². The molecule has 0 aromatic heterocycles. The van der Waals surface area contributed by atoms with Crippen LogP contribution in [-0.2, 0) is 9.59 Å². The summed E-state index contributed by atoms with van der Waals surface area (Å²) in [6, 6.07) is 0. The molecule has 0 aromatic carbocycles. The number of halogens is 3. The van der Waals surface area contributed by atoms with Gasteiger partial charge in [-0.25, -0.2) is 4.79 Å². The first-order valence-electron chi connectivity index (χ1n) is 9.06. The van der Waals surface area contributed by atoms with Crippen LogP contribution < -0.4 is 0 Å². The number of carbonyl (C=O) groups is 2. The Kier molecular flexibility index (Phi) is 5.27. The van der Waals surface area contributed by atoms with Gasteiger partial charge in [-0.15, -0.1) is 0 Å². The number of carboxylic acid groups (broad SMARTS) is 1. The summed E-state index contributed by atoms with van der Waals surface area (Å²) < 4.78 is 31.7. The average Bonchev–Trinajstić information content (AvgIpc) is 3.29. The van der Waals surface area contributed by atoms with Gasteiger partial charge in [0.25, 0.3) is 0 Å². The molecule has 1 amide bonds. The van der Waals surface area contributed by atoms with E-state index in [2.05, 4.69) is 9.80 Å². The molecular weight excluding hydrogens is 337 g/mol. The predicted molar refractivity (Wildman–Crippen MR) is 83.8 cm³/mol. The lowest BCUT2D eigenvalue weighted by molar-refractivity contribution is -0.192. The number of carboxylic acids is 1. The second kappa shape index (κ2) is 7.13. The van der Waals surface area contributed by atoms with E-state index in [4.69, 9.17) is 9.90 Å². The summed E-state index contributed by atoms with van der Waals surface area (Å²) >= 11 is 0. The number of hydrogen-bond donors (Lipinski definition) is 1. The minimum atomic E-state index is -5.08. The second-order valence-electron chi connectivity index (χ2n) is 7.75. The molecule has 2 saturated heterocycles. The topological polar surface area (TPSA) is 60.9 Å². The number of carbonyl (C=O) groups excluding carboxylic acids is 1. The molecule has 2 saturated carbocycles. The number of hydrogen-bond acceptors (Lipinski definition) is 3. The number of alkyl halides is 3. The minimum Gasteiger partial charge on any atom is -0.475 e. The van der Waals surface area contributed by atoms with E-state index in [0.717, 1.165) is 43.2 Å². The molecule has 25 heavy (non-hydrogen) atoms. The van der Waals surface area contributed by atoms with E-state index in [9.17, 15) is 18.0 Å². The highest BCUT2D eigenvalue weighted by Gasteiger charge is 2.56. The number of aliphatic carboxylic acids is 1. The molecule has 8 heteroatoms.